The predicted molar refractivity (Wildman–Crippen MR) is 71.2 cm³/mol. The van der Waals surface area contributed by atoms with Crippen molar-refractivity contribution in [2.24, 2.45) is 0 Å². The number of halogens is 1. The van der Waals surface area contributed by atoms with Gasteiger partial charge in [0.25, 0.3) is 5.56 Å². The molecule has 18 heavy (non-hydrogen) atoms. The molecule has 0 saturated heterocycles. The molecule has 94 valence electrons. The first-order valence-electron chi connectivity index (χ1n) is 5.57. The second-order valence-electron chi connectivity index (χ2n) is 3.76. The third kappa shape index (κ3) is 2.24. The molecule has 0 unspecified atom stereocenters. The first kappa shape index (κ1) is 12.6. The zero-order valence-corrected chi connectivity index (χ0v) is 10.9. The van der Waals surface area contributed by atoms with Gasteiger partial charge in [-0.25, -0.2) is 4.98 Å². The lowest BCUT2D eigenvalue weighted by molar-refractivity contribution is 0.416. The first-order valence-corrected chi connectivity index (χ1v) is 5.95. The van der Waals surface area contributed by atoms with E-state index in [-0.39, 0.29) is 5.56 Å². The molecule has 1 N–H and O–H groups in total. The Morgan fingerprint density at radius 1 is 1.44 bits per heavy atom. The van der Waals surface area contributed by atoms with Crippen LogP contribution < -0.4 is 10.3 Å². The van der Waals surface area contributed by atoms with E-state index in [0.717, 1.165) is 5.56 Å². The lowest BCUT2D eigenvalue weighted by atomic mass is 10.0. The molecule has 0 spiro atoms. The van der Waals surface area contributed by atoms with Gasteiger partial charge in [-0.05, 0) is 24.6 Å². The van der Waals surface area contributed by atoms with Crippen molar-refractivity contribution < 1.29 is 4.74 Å². The van der Waals surface area contributed by atoms with Crippen molar-refractivity contribution in [3.63, 3.8) is 0 Å². The molecular formula is C13H13ClN2O2. The highest BCUT2D eigenvalue weighted by atomic mass is 35.5. The summed E-state index contributed by atoms with van der Waals surface area (Å²) in [6.45, 7) is 1.91. The van der Waals surface area contributed by atoms with Gasteiger partial charge in [-0.1, -0.05) is 18.5 Å². The van der Waals surface area contributed by atoms with Gasteiger partial charge >= 0.3 is 0 Å². The SMILES string of the molecule is CCc1c(-c2cc(Cl)ccc2OC)nc[nH]c1=O. The Bertz CT molecular complexity index is 623. The number of methoxy groups -OCH3 is 1. The molecule has 4 nitrogen and oxygen atoms in total. The van der Waals surface area contributed by atoms with E-state index in [4.69, 9.17) is 16.3 Å². The van der Waals surface area contributed by atoms with Crippen LogP contribution in [0.4, 0.5) is 0 Å². The minimum atomic E-state index is -0.135. The standard InChI is InChI=1S/C13H13ClN2O2/c1-3-9-12(15-7-16-13(9)17)10-6-8(14)4-5-11(10)18-2/h4-7H,3H2,1-2H3,(H,15,16,17). The van der Waals surface area contributed by atoms with Crippen LogP contribution >= 0.6 is 11.6 Å². The van der Waals surface area contributed by atoms with Crippen molar-refractivity contribution in [1.29, 1.82) is 0 Å². The second-order valence-corrected chi connectivity index (χ2v) is 4.19. The van der Waals surface area contributed by atoms with Gasteiger partial charge in [0.2, 0.25) is 0 Å². The molecule has 0 radical (unpaired) electrons. The zero-order chi connectivity index (χ0) is 13.1. The molecule has 0 aliphatic rings. The maximum absolute atomic E-state index is 11.8. The lowest BCUT2D eigenvalue weighted by Gasteiger charge is -2.10. The van der Waals surface area contributed by atoms with Crippen LogP contribution in [0.3, 0.4) is 0 Å². The van der Waals surface area contributed by atoms with Crippen molar-refractivity contribution in [1.82, 2.24) is 9.97 Å². The van der Waals surface area contributed by atoms with E-state index < -0.39 is 0 Å². The van der Waals surface area contributed by atoms with Crippen LogP contribution in [0.25, 0.3) is 11.3 Å². The second kappa shape index (κ2) is 5.23. The van der Waals surface area contributed by atoms with Gasteiger partial charge in [0, 0.05) is 16.1 Å². The summed E-state index contributed by atoms with van der Waals surface area (Å²) >= 11 is 5.99. The van der Waals surface area contributed by atoms with E-state index in [2.05, 4.69) is 9.97 Å². The molecule has 2 aromatic rings. The molecule has 2 rings (SSSR count). The number of nitrogens with zero attached hydrogens (tertiary/aromatic N) is 1. The van der Waals surface area contributed by atoms with Gasteiger partial charge in [0.05, 0.1) is 19.1 Å². The Balaban J connectivity index is 2.72. The summed E-state index contributed by atoms with van der Waals surface area (Å²) in [5, 5.41) is 0.579. The average Bonchev–Trinajstić information content (AvgIpc) is 2.38. The Morgan fingerprint density at radius 3 is 2.89 bits per heavy atom. The van der Waals surface area contributed by atoms with Crippen LogP contribution in [0.2, 0.25) is 5.02 Å². The number of rotatable bonds is 3. The highest BCUT2D eigenvalue weighted by Gasteiger charge is 2.14. The van der Waals surface area contributed by atoms with Crippen LogP contribution in [-0.2, 0) is 6.42 Å². The number of hydrogen-bond acceptors (Lipinski definition) is 3. The van der Waals surface area contributed by atoms with Crippen LogP contribution in [0.1, 0.15) is 12.5 Å². The van der Waals surface area contributed by atoms with Crippen molar-refractivity contribution in [2.75, 3.05) is 7.11 Å². The Labute approximate surface area is 110 Å². The smallest absolute Gasteiger partial charge is 0.254 e. The molecule has 0 atom stereocenters. The Kier molecular flexibility index (Phi) is 3.67. The van der Waals surface area contributed by atoms with Gasteiger partial charge in [-0.15, -0.1) is 0 Å². The molecule has 0 saturated carbocycles. The highest BCUT2D eigenvalue weighted by molar-refractivity contribution is 6.31. The third-order valence-electron chi connectivity index (χ3n) is 2.72. The summed E-state index contributed by atoms with van der Waals surface area (Å²) in [6.07, 6.45) is 1.98. The minimum Gasteiger partial charge on any atom is -0.496 e. The first-order chi connectivity index (χ1) is 8.67. The number of hydrogen-bond donors (Lipinski definition) is 1. The summed E-state index contributed by atoms with van der Waals surface area (Å²) in [5.74, 6) is 0.646. The molecule has 5 heteroatoms. The molecule has 0 bridgehead atoms. The summed E-state index contributed by atoms with van der Waals surface area (Å²) in [5.41, 5.74) is 1.83. The van der Waals surface area contributed by atoms with Crippen molar-refractivity contribution in [3.05, 3.63) is 45.5 Å². The quantitative estimate of drug-likeness (QED) is 0.927. The topological polar surface area (TPSA) is 55.0 Å². The molecule has 1 aromatic carbocycles. The van der Waals surface area contributed by atoms with E-state index in [0.29, 0.717) is 28.5 Å². The fourth-order valence-corrected chi connectivity index (χ4v) is 2.03. The van der Waals surface area contributed by atoms with Crippen LogP contribution in [0, 0.1) is 0 Å². The molecule has 1 aromatic heterocycles. The normalized spacial score (nSPS) is 10.4. The molecule has 0 aliphatic carbocycles. The van der Waals surface area contributed by atoms with E-state index in [9.17, 15) is 4.79 Å². The highest BCUT2D eigenvalue weighted by Crippen LogP contribution is 2.32. The summed E-state index contributed by atoms with van der Waals surface area (Å²) in [6, 6.07) is 5.25. The predicted octanol–water partition coefficient (Wildman–Crippen LogP) is 2.66. The molecule has 0 aliphatic heterocycles. The number of nitrogens with one attached hydrogen (secondary N) is 1. The Hall–Kier alpha value is -1.81. The maximum atomic E-state index is 11.8. The summed E-state index contributed by atoms with van der Waals surface area (Å²) in [4.78, 5) is 18.6. The van der Waals surface area contributed by atoms with E-state index in [1.165, 1.54) is 6.33 Å². The largest absolute Gasteiger partial charge is 0.496 e. The van der Waals surface area contributed by atoms with Gasteiger partial charge in [0.1, 0.15) is 5.75 Å². The van der Waals surface area contributed by atoms with E-state index >= 15 is 0 Å². The molecular weight excluding hydrogens is 252 g/mol. The number of aromatic nitrogens is 2. The third-order valence-corrected chi connectivity index (χ3v) is 2.95. The van der Waals surface area contributed by atoms with Gasteiger partial charge in [-0.2, -0.15) is 0 Å². The average molecular weight is 265 g/mol. The van der Waals surface area contributed by atoms with E-state index in [1.807, 2.05) is 6.92 Å². The fourth-order valence-electron chi connectivity index (χ4n) is 1.85. The maximum Gasteiger partial charge on any atom is 0.254 e. The number of benzene rings is 1. The molecule has 0 amide bonds. The molecule has 0 fully saturated rings. The molecule has 1 heterocycles. The number of ether oxygens (including phenoxy) is 1. The number of aromatic amines is 1. The van der Waals surface area contributed by atoms with Gasteiger partial charge in [0.15, 0.2) is 0 Å². The monoisotopic (exact) mass is 264 g/mol. The zero-order valence-electron chi connectivity index (χ0n) is 10.2. The fraction of sp³-hybridized carbons (Fsp3) is 0.231. The summed E-state index contributed by atoms with van der Waals surface area (Å²) in [7, 11) is 1.57. The van der Waals surface area contributed by atoms with Gasteiger partial charge in [-0.3, -0.25) is 4.79 Å². The van der Waals surface area contributed by atoms with Crippen molar-refractivity contribution in [3.8, 4) is 17.0 Å². The van der Waals surface area contributed by atoms with Crippen LogP contribution in [0.5, 0.6) is 5.75 Å². The van der Waals surface area contributed by atoms with Crippen LogP contribution in [-0.4, -0.2) is 17.1 Å². The van der Waals surface area contributed by atoms with Crippen molar-refractivity contribution >= 4 is 11.6 Å². The van der Waals surface area contributed by atoms with Crippen molar-refractivity contribution in [2.45, 2.75) is 13.3 Å². The lowest BCUT2D eigenvalue weighted by Crippen LogP contribution is -2.14. The summed E-state index contributed by atoms with van der Waals surface area (Å²) < 4.78 is 5.28. The van der Waals surface area contributed by atoms with E-state index in [1.54, 1.807) is 25.3 Å². The Morgan fingerprint density at radius 2 is 2.22 bits per heavy atom. The minimum absolute atomic E-state index is 0.135. The van der Waals surface area contributed by atoms with Crippen LogP contribution in [0.15, 0.2) is 29.3 Å². The van der Waals surface area contributed by atoms with Gasteiger partial charge < -0.3 is 9.72 Å². The number of H-pyrrole nitrogens is 1.